The smallest absolute Gasteiger partial charge is 0.305 e. The number of ether oxygens (including phenoxy) is 1. The number of hydrogen-bond donors (Lipinski definition) is 0. The van der Waals surface area contributed by atoms with Gasteiger partial charge in [0.1, 0.15) is 5.82 Å². The van der Waals surface area contributed by atoms with Gasteiger partial charge in [-0.2, -0.15) is 0 Å². The van der Waals surface area contributed by atoms with Gasteiger partial charge in [0.05, 0.1) is 17.3 Å². The van der Waals surface area contributed by atoms with Crippen molar-refractivity contribution in [2.24, 2.45) is 23.7 Å². The van der Waals surface area contributed by atoms with Gasteiger partial charge in [-0.3, -0.25) is 4.79 Å². The summed E-state index contributed by atoms with van der Waals surface area (Å²) in [4.78, 5) is 18.3. The molecule has 5 aliphatic rings. The standard InChI is InChI=1S/C38H51FN2O4S/c1-45-37(42)24-29-5-2-8-36(29)38(26-40-17-4-18-40,31-6-3-7-32(39)25-31)30-15-19-41(20-16-30)33-22-28(23-33)21-27-9-11-34(12-10-27)46(43,44)35-13-14-35/h3,6-7,9-12,25,28-30,33,35-36H,2,4-5,8,13-24,26H2,1H3/t28?,29-,33?,36+,38+/m1/s1. The number of carbonyl (C=O) groups is 1. The summed E-state index contributed by atoms with van der Waals surface area (Å²) >= 11 is 0. The lowest BCUT2D eigenvalue weighted by atomic mass is 9.56. The van der Waals surface area contributed by atoms with Gasteiger partial charge in [-0.1, -0.05) is 30.7 Å². The molecule has 2 heterocycles. The maximum Gasteiger partial charge on any atom is 0.305 e. The van der Waals surface area contributed by atoms with E-state index < -0.39 is 9.84 Å². The first-order chi connectivity index (χ1) is 22.3. The fourth-order valence-electron chi connectivity index (χ4n) is 9.70. The zero-order valence-electron chi connectivity index (χ0n) is 27.4. The first-order valence-electron chi connectivity index (χ1n) is 17.9. The molecule has 6 nitrogen and oxygen atoms in total. The van der Waals surface area contributed by atoms with E-state index >= 15 is 0 Å². The van der Waals surface area contributed by atoms with Crippen molar-refractivity contribution in [3.8, 4) is 0 Å². The highest BCUT2D eigenvalue weighted by Gasteiger charge is 2.53. The van der Waals surface area contributed by atoms with E-state index in [-0.39, 0.29) is 28.4 Å². The van der Waals surface area contributed by atoms with Crippen LogP contribution in [0.4, 0.5) is 4.39 Å². The van der Waals surface area contributed by atoms with Crippen LogP contribution in [0.15, 0.2) is 53.4 Å². The number of nitrogens with zero attached hydrogens (tertiary/aromatic N) is 2. The molecule has 7 rings (SSSR count). The molecule has 5 fully saturated rings. The van der Waals surface area contributed by atoms with Gasteiger partial charge in [0.25, 0.3) is 0 Å². The summed E-state index contributed by atoms with van der Waals surface area (Å²) in [5, 5.41) is -0.163. The highest BCUT2D eigenvalue weighted by atomic mass is 32.2. The highest BCUT2D eigenvalue weighted by molar-refractivity contribution is 7.92. The lowest BCUT2D eigenvalue weighted by Gasteiger charge is -2.55. The summed E-state index contributed by atoms with van der Waals surface area (Å²) in [5.74, 6) is 1.40. The predicted octanol–water partition coefficient (Wildman–Crippen LogP) is 6.42. The van der Waals surface area contributed by atoms with Crippen molar-refractivity contribution in [2.45, 2.75) is 98.7 Å². The van der Waals surface area contributed by atoms with Gasteiger partial charge < -0.3 is 14.5 Å². The van der Waals surface area contributed by atoms with Crippen LogP contribution in [0.5, 0.6) is 0 Å². The molecular weight excluding hydrogens is 599 g/mol. The molecule has 0 unspecified atom stereocenters. The van der Waals surface area contributed by atoms with E-state index in [9.17, 15) is 17.6 Å². The SMILES string of the molecule is COC(=O)C[C@H]1CCC[C@@H]1[C@](CN1CCC1)(c1cccc(F)c1)C1CCN(C2CC(Cc3ccc(S(=O)(=O)C4CC4)cc3)C2)CC1. The van der Waals surface area contributed by atoms with Crippen LogP contribution in [0.2, 0.25) is 0 Å². The third kappa shape index (κ3) is 6.43. The third-order valence-corrected chi connectivity index (χ3v) is 14.8. The van der Waals surface area contributed by atoms with Gasteiger partial charge in [0.15, 0.2) is 9.84 Å². The number of benzene rings is 2. The summed E-state index contributed by atoms with van der Waals surface area (Å²) < 4.78 is 45.2. The van der Waals surface area contributed by atoms with Crippen molar-refractivity contribution in [3.05, 3.63) is 65.5 Å². The normalized spacial score (nSPS) is 29.1. The maximum atomic E-state index is 14.9. The van der Waals surface area contributed by atoms with Crippen LogP contribution in [0.1, 0.15) is 81.8 Å². The molecule has 0 N–H and O–H groups in total. The van der Waals surface area contributed by atoms with Crippen molar-refractivity contribution in [3.63, 3.8) is 0 Å². The van der Waals surface area contributed by atoms with Crippen molar-refractivity contribution in [1.29, 1.82) is 0 Å². The molecule has 2 aliphatic heterocycles. The van der Waals surface area contributed by atoms with Crippen molar-refractivity contribution in [2.75, 3.05) is 39.8 Å². The number of hydrogen-bond acceptors (Lipinski definition) is 6. The summed E-state index contributed by atoms with van der Waals surface area (Å²) in [6.45, 7) is 5.30. The predicted molar refractivity (Wildman–Crippen MR) is 178 cm³/mol. The quantitative estimate of drug-likeness (QED) is 0.247. The van der Waals surface area contributed by atoms with E-state index in [1.807, 2.05) is 36.4 Å². The minimum atomic E-state index is -3.13. The first-order valence-corrected chi connectivity index (χ1v) is 19.4. The Hall–Kier alpha value is -2.29. The van der Waals surface area contributed by atoms with Crippen LogP contribution < -0.4 is 0 Å². The topological polar surface area (TPSA) is 66.9 Å². The molecular formula is C38H51FN2O4S. The highest BCUT2D eigenvalue weighted by Crippen LogP contribution is 2.54. The minimum Gasteiger partial charge on any atom is -0.469 e. The maximum absolute atomic E-state index is 14.9. The second-order valence-corrected chi connectivity index (χ2v) is 17.4. The van der Waals surface area contributed by atoms with Gasteiger partial charge in [0, 0.05) is 24.4 Å². The number of methoxy groups -OCH3 is 1. The molecule has 0 bridgehead atoms. The molecule has 3 atom stereocenters. The van der Waals surface area contributed by atoms with Gasteiger partial charge in [-0.05, 0) is 149 Å². The number of rotatable bonds is 12. The molecule has 250 valence electrons. The Balaban J connectivity index is 1.03. The molecule has 3 aliphatic carbocycles. The van der Waals surface area contributed by atoms with E-state index in [0.29, 0.717) is 35.1 Å². The average molecular weight is 651 g/mol. The molecule has 2 saturated heterocycles. The Morgan fingerprint density at radius 2 is 1.67 bits per heavy atom. The van der Waals surface area contributed by atoms with Crippen molar-refractivity contribution < 1.29 is 22.3 Å². The van der Waals surface area contributed by atoms with Gasteiger partial charge in [-0.25, -0.2) is 12.8 Å². The second-order valence-electron chi connectivity index (χ2n) is 15.2. The van der Waals surface area contributed by atoms with Crippen LogP contribution in [-0.2, 0) is 31.2 Å². The zero-order valence-corrected chi connectivity index (χ0v) is 28.2. The second kappa shape index (κ2) is 13.3. The lowest BCUT2D eigenvalue weighted by molar-refractivity contribution is -0.142. The molecule has 0 spiro atoms. The third-order valence-electron chi connectivity index (χ3n) is 12.5. The molecule has 46 heavy (non-hydrogen) atoms. The van der Waals surface area contributed by atoms with E-state index in [0.717, 1.165) is 89.7 Å². The van der Waals surface area contributed by atoms with Gasteiger partial charge >= 0.3 is 5.97 Å². The number of halogens is 1. The van der Waals surface area contributed by atoms with E-state index in [1.165, 1.54) is 31.9 Å². The van der Waals surface area contributed by atoms with Crippen molar-refractivity contribution >= 4 is 15.8 Å². The number of carbonyl (C=O) groups excluding carboxylic acids is 1. The average Bonchev–Trinajstić information content (AvgIpc) is 3.79. The van der Waals surface area contributed by atoms with Gasteiger partial charge in [-0.15, -0.1) is 0 Å². The van der Waals surface area contributed by atoms with E-state index in [2.05, 4.69) is 15.9 Å². The Morgan fingerprint density at radius 3 is 2.30 bits per heavy atom. The molecule has 0 radical (unpaired) electrons. The Labute approximate surface area is 275 Å². The van der Waals surface area contributed by atoms with Crippen molar-refractivity contribution in [1.82, 2.24) is 9.80 Å². The molecule has 0 amide bonds. The summed E-state index contributed by atoms with van der Waals surface area (Å²) in [6.07, 6.45) is 12.1. The van der Waals surface area contributed by atoms with Crippen LogP contribution in [0.3, 0.4) is 0 Å². The van der Waals surface area contributed by atoms with Crippen LogP contribution in [0, 0.1) is 29.5 Å². The number of sulfone groups is 1. The largest absolute Gasteiger partial charge is 0.469 e. The fourth-order valence-corrected chi connectivity index (χ4v) is 11.4. The Morgan fingerprint density at radius 1 is 0.935 bits per heavy atom. The molecule has 2 aromatic carbocycles. The zero-order chi connectivity index (χ0) is 31.9. The number of esters is 1. The van der Waals surface area contributed by atoms with Crippen LogP contribution in [-0.4, -0.2) is 75.3 Å². The van der Waals surface area contributed by atoms with Crippen LogP contribution in [0.25, 0.3) is 0 Å². The minimum absolute atomic E-state index is 0.123. The number of piperidine rings is 1. The van der Waals surface area contributed by atoms with E-state index in [4.69, 9.17) is 4.74 Å². The first kappa shape index (κ1) is 32.3. The Bertz CT molecular complexity index is 1480. The Kier molecular flexibility index (Phi) is 9.34. The molecule has 3 saturated carbocycles. The summed E-state index contributed by atoms with van der Waals surface area (Å²) in [6, 6.07) is 15.7. The monoisotopic (exact) mass is 650 g/mol. The molecule has 2 aromatic rings. The summed E-state index contributed by atoms with van der Waals surface area (Å²) in [5.41, 5.74) is 2.20. The van der Waals surface area contributed by atoms with Crippen LogP contribution >= 0.6 is 0 Å². The lowest BCUT2D eigenvalue weighted by Crippen LogP contribution is -2.58. The molecule has 0 aromatic heterocycles. The summed E-state index contributed by atoms with van der Waals surface area (Å²) in [7, 11) is -1.64. The number of likely N-dealkylation sites (tertiary alicyclic amines) is 2. The molecule has 8 heteroatoms. The fraction of sp³-hybridized carbons (Fsp3) is 0.658. The van der Waals surface area contributed by atoms with Gasteiger partial charge in [0.2, 0.25) is 0 Å². The van der Waals surface area contributed by atoms with E-state index in [1.54, 1.807) is 6.07 Å².